The van der Waals surface area contributed by atoms with E-state index in [9.17, 15) is 35.9 Å². The molecule has 0 unspecified atom stereocenters. The van der Waals surface area contributed by atoms with Crippen LogP contribution in [0, 0.1) is 11.6 Å². The van der Waals surface area contributed by atoms with Crippen molar-refractivity contribution in [3.63, 3.8) is 0 Å². The van der Waals surface area contributed by atoms with Crippen molar-refractivity contribution in [2.24, 2.45) is 0 Å². The van der Waals surface area contributed by atoms with Gasteiger partial charge in [-0.1, -0.05) is 33.4 Å². The van der Waals surface area contributed by atoms with E-state index >= 15 is 0 Å². The largest absolute Gasteiger partial charge is 0.493 e. The van der Waals surface area contributed by atoms with E-state index in [1.807, 2.05) is 31.0 Å². The molecule has 6 aromatic rings. The number of carbonyl (C=O) groups excluding carboxylic acids is 2. The van der Waals surface area contributed by atoms with Crippen molar-refractivity contribution in [2.45, 2.75) is 98.1 Å². The number of allylic oxidation sites excluding steroid dienone is 2. The summed E-state index contributed by atoms with van der Waals surface area (Å²) >= 11 is 0. The van der Waals surface area contributed by atoms with Crippen molar-refractivity contribution in [2.75, 3.05) is 99.2 Å². The summed E-state index contributed by atoms with van der Waals surface area (Å²) in [6.45, 7) is 11.1. The number of halogens is 6. The second-order valence-electron chi connectivity index (χ2n) is 19.6. The Morgan fingerprint density at radius 3 is 1.60 bits per heavy atom. The first-order chi connectivity index (χ1) is 41.2. The monoisotopic (exact) mass is 1180 g/mol. The van der Waals surface area contributed by atoms with E-state index < -0.39 is 25.6 Å². The molecule has 0 saturated carbocycles. The van der Waals surface area contributed by atoms with Gasteiger partial charge in [0.05, 0.1) is 61.3 Å². The molecule has 5 aliphatic heterocycles. The molecule has 456 valence electrons. The number of aliphatic carboxylic acids is 1. The second-order valence-corrected chi connectivity index (χ2v) is 19.6. The third-order valence-corrected chi connectivity index (χ3v) is 14.5. The van der Waals surface area contributed by atoms with Gasteiger partial charge in [-0.3, -0.25) is 37.4 Å². The zero-order valence-electron chi connectivity index (χ0n) is 48.4. The van der Waals surface area contributed by atoms with Gasteiger partial charge in [-0.05, 0) is 91.5 Å². The highest BCUT2D eigenvalue weighted by molar-refractivity contribution is 5.82. The highest BCUT2D eigenvalue weighted by Gasteiger charge is 2.27. The predicted octanol–water partition coefficient (Wildman–Crippen LogP) is 8.27. The maximum atomic E-state index is 14.6. The van der Waals surface area contributed by atoms with Gasteiger partial charge in [0.25, 0.3) is 0 Å². The molecule has 0 atom stereocenters. The van der Waals surface area contributed by atoms with Gasteiger partial charge in [-0.15, -0.1) is 20.4 Å². The topological polar surface area (TPSA) is 204 Å². The Bertz CT molecular complexity index is 3230. The van der Waals surface area contributed by atoms with Crippen LogP contribution < -0.4 is 9.47 Å². The summed E-state index contributed by atoms with van der Waals surface area (Å²) in [4.78, 5) is 46.9. The smallest absolute Gasteiger partial charge is 0.446 e. The number of hydrogen-bond acceptors (Lipinski definition) is 15. The van der Waals surface area contributed by atoms with Gasteiger partial charge in [0.2, 0.25) is 12.2 Å². The normalized spacial score (nSPS) is 16.8. The average molecular weight is 1180 g/mol. The van der Waals surface area contributed by atoms with E-state index in [0.717, 1.165) is 126 Å². The Balaban J connectivity index is 0.000000206. The molecule has 2 saturated heterocycles. The van der Waals surface area contributed by atoms with Crippen molar-refractivity contribution in [1.29, 1.82) is 0 Å². The first-order valence-electron chi connectivity index (χ1n) is 28.9. The highest BCUT2D eigenvalue weighted by atomic mass is 19.4. The standard InChI is InChI=1S/C26H29FN6O3.C21H21FN4O.C6H11NO3.C2HF3O.C2H6.CH3F.CH4/c27-22-2-3-23-20(7-12-36-23)19(22)1-4-24-28-15-21(26-30-29-17-33(24)26)18-5-8-32(9-6-18)25(34)16-31-10-13-35-14-11-31;22-18-7-8-19-16(10-11-27-19)15(18)6-9-20-23-12-17(14-4-2-1-3-5-14)21-25-24-13-26(20)21;8-6(9)5-7-1-3-10-4-2-7;3-2(4,5)1-6;2*1-2;/h2-3,5,15,17H,1,4,6-14,16H2;4,7-8,12-13H,1-3,5-6,9-11H2;1-5H2,(H,8,9);1H;1-2H3;1H3;1H4/i;;;;2*1D;. The number of aldehydes is 1. The molecule has 0 bridgehead atoms. The van der Waals surface area contributed by atoms with E-state index in [2.05, 4.69) is 42.4 Å². The molecule has 25 heteroatoms. The molecule has 12 rings (SSSR count). The molecule has 9 heterocycles. The van der Waals surface area contributed by atoms with Crippen LogP contribution in [0.1, 0.15) is 101 Å². The predicted molar refractivity (Wildman–Crippen MR) is 303 cm³/mol. The fourth-order valence-electron chi connectivity index (χ4n) is 10.4. The van der Waals surface area contributed by atoms with E-state index in [0.29, 0.717) is 97.4 Å². The van der Waals surface area contributed by atoms with Gasteiger partial charge < -0.3 is 29.0 Å². The first-order valence-corrected chi connectivity index (χ1v) is 27.5. The molecular formula is C59H75F6N11O8. The lowest BCUT2D eigenvalue weighted by molar-refractivity contribution is -0.156. The average Bonchev–Trinajstić information content (AvgIpc) is 2.50. The molecule has 19 nitrogen and oxygen atoms in total. The number of aromatic nitrogens is 8. The SMILES string of the molecule is C.Fc1ccc2c(c1CCc1ncc(C3=CCCCC3)c3nncn13)CCO2.O=C(CN1CCOCC1)N1CC=C(c2cnc(CCc3c(F)ccc4c3CCO4)n3cnnc23)CC1.O=C(O)CN1CCOCC1.O=CC(F)(F)F.[2H]CC.[2H]CF. The van der Waals surface area contributed by atoms with Crippen LogP contribution in [0.15, 0.2) is 61.5 Å². The quantitative estimate of drug-likeness (QED) is 0.0905. The number of ether oxygens (including phenoxy) is 4. The maximum absolute atomic E-state index is 14.6. The van der Waals surface area contributed by atoms with Gasteiger partial charge in [0.15, 0.2) is 11.3 Å². The molecule has 1 amide bonds. The number of carboxylic acid groups (broad SMARTS) is 1. The number of rotatable bonds is 12. The zero-order valence-corrected chi connectivity index (χ0v) is 46.4. The molecule has 0 spiro atoms. The van der Waals surface area contributed by atoms with E-state index in [1.54, 1.807) is 31.7 Å². The van der Waals surface area contributed by atoms with Crippen LogP contribution in [0.5, 0.6) is 11.5 Å². The molecule has 84 heavy (non-hydrogen) atoms. The number of alkyl halides is 4. The molecule has 4 aromatic heterocycles. The van der Waals surface area contributed by atoms with E-state index in [1.165, 1.54) is 30.5 Å². The molecule has 6 aliphatic rings. The third kappa shape index (κ3) is 17.6. The van der Waals surface area contributed by atoms with E-state index in [4.69, 9.17) is 36.6 Å². The number of carboxylic acids is 1. The number of benzene rings is 2. The first kappa shape index (κ1) is 62.7. The van der Waals surface area contributed by atoms with Crippen molar-refractivity contribution < 1.29 is 67.5 Å². The van der Waals surface area contributed by atoms with Crippen molar-refractivity contribution in [3.05, 3.63) is 118 Å². The van der Waals surface area contributed by atoms with Gasteiger partial charge in [-0.25, -0.2) is 18.7 Å². The number of carbonyl (C=O) groups is 3. The Morgan fingerprint density at radius 2 is 1.17 bits per heavy atom. The molecule has 1 N–H and O–H groups in total. The fraction of sp³-hybridized carbons (Fsp3) is 0.508. The van der Waals surface area contributed by atoms with Crippen LogP contribution in [0.3, 0.4) is 0 Å². The minimum absolute atomic E-state index is 0. The third-order valence-electron chi connectivity index (χ3n) is 14.5. The Kier molecular flexibility index (Phi) is 24.4. The number of nitrogens with zero attached hydrogens (tertiary/aromatic N) is 11. The minimum atomic E-state index is -4.64. The number of amides is 1. The summed E-state index contributed by atoms with van der Waals surface area (Å²) in [7, 11) is -1.00. The van der Waals surface area contributed by atoms with Gasteiger partial charge in [0.1, 0.15) is 47.4 Å². The van der Waals surface area contributed by atoms with Crippen LogP contribution in [0.25, 0.3) is 22.4 Å². The Labute approximate surface area is 487 Å². The summed E-state index contributed by atoms with van der Waals surface area (Å²) in [5.41, 5.74) is 9.41. The number of fused-ring (bicyclic) bond motifs is 4. The number of aryl methyl sites for hydroxylation is 2. The van der Waals surface area contributed by atoms with Crippen LogP contribution in [0.4, 0.5) is 26.3 Å². The van der Waals surface area contributed by atoms with E-state index in [-0.39, 0.29) is 31.5 Å². The molecular weight excluding hydrogens is 1100 g/mol. The van der Waals surface area contributed by atoms with Gasteiger partial charge >= 0.3 is 12.1 Å². The summed E-state index contributed by atoms with van der Waals surface area (Å²) in [5, 5.41) is 25.3. The Morgan fingerprint density at radius 1 is 0.690 bits per heavy atom. The van der Waals surface area contributed by atoms with Crippen LogP contribution in [-0.4, -0.2) is 182 Å². The second kappa shape index (κ2) is 32.6. The van der Waals surface area contributed by atoms with Gasteiger partial charge in [-0.2, -0.15) is 13.2 Å². The summed E-state index contributed by atoms with van der Waals surface area (Å²) < 4.78 is 107. The lowest BCUT2D eigenvalue weighted by Crippen LogP contribution is -2.45. The number of morpholine rings is 2. The lowest BCUT2D eigenvalue weighted by atomic mass is 9.95. The molecule has 0 radical (unpaired) electrons. The van der Waals surface area contributed by atoms with Crippen molar-refractivity contribution in [3.8, 4) is 11.5 Å². The zero-order chi connectivity index (χ0) is 60.7. The van der Waals surface area contributed by atoms with Crippen molar-refractivity contribution in [1.82, 2.24) is 53.9 Å². The molecule has 2 aromatic carbocycles. The maximum Gasteiger partial charge on any atom is 0.446 e. The Hall–Kier alpha value is -7.35. The van der Waals surface area contributed by atoms with Crippen LogP contribution in [0.2, 0.25) is 0 Å². The molecule has 1 aliphatic carbocycles. The van der Waals surface area contributed by atoms with Gasteiger partial charge in [0, 0.05) is 101 Å². The lowest BCUT2D eigenvalue weighted by Gasteiger charge is -2.31. The minimum Gasteiger partial charge on any atom is -0.493 e. The highest BCUT2D eigenvalue weighted by Crippen LogP contribution is 2.34. The van der Waals surface area contributed by atoms with Crippen LogP contribution >= 0.6 is 0 Å². The van der Waals surface area contributed by atoms with Crippen molar-refractivity contribution >= 4 is 40.6 Å². The summed E-state index contributed by atoms with van der Waals surface area (Å²) in [6, 6.07) is 6.42. The summed E-state index contributed by atoms with van der Waals surface area (Å²) in [5.74, 6) is 2.26. The molecule has 2 fully saturated rings. The fourth-order valence-corrected chi connectivity index (χ4v) is 10.4. The number of hydrogen-bond donors (Lipinski definition) is 1. The summed E-state index contributed by atoms with van der Waals surface area (Å²) in [6.07, 6.45) is 15.0. The van der Waals surface area contributed by atoms with Crippen LogP contribution in [-0.2, 0) is 62.4 Å².